The number of esters is 1. The summed E-state index contributed by atoms with van der Waals surface area (Å²) in [5.74, 6) is 2.49. The average Bonchev–Trinajstić information content (AvgIpc) is 3.21. The summed E-state index contributed by atoms with van der Waals surface area (Å²) in [6.07, 6.45) is 16.6. The van der Waals surface area contributed by atoms with Gasteiger partial charge in [0.15, 0.2) is 6.10 Å². The van der Waals surface area contributed by atoms with E-state index in [0.29, 0.717) is 19.6 Å². The molecule has 0 amide bonds. The van der Waals surface area contributed by atoms with E-state index in [0.717, 1.165) is 104 Å². The molecule has 14 heteroatoms. The third kappa shape index (κ3) is 23.5. The van der Waals surface area contributed by atoms with E-state index in [1.54, 1.807) is 7.11 Å². The molecule has 0 saturated heterocycles. The van der Waals surface area contributed by atoms with Crippen molar-refractivity contribution in [2.24, 2.45) is 0 Å². The second-order valence-electron chi connectivity index (χ2n) is 14.5. The number of aliphatic hydroxyl groups excluding tert-OH is 1. The first-order valence-corrected chi connectivity index (χ1v) is 27.3. The van der Waals surface area contributed by atoms with Gasteiger partial charge in [-0.1, -0.05) is 89.2 Å². The van der Waals surface area contributed by atoms with Crippen LogP contribution in [0.2, 0.25) is 0 Å². The van der Waals surface area contributed by atoms with Gasteiger partial charge in [-0.05, 0) is 203 Å². The van der Waals surface area contributed by atoms with Crippen molar-refractivity contribution in [1.29, 1.82) is 0 Å². The Labute approximate surface area is 435 Å². The first-order chi connectivity index (χ1) is 28.6. The van der Waals surface area contributed by atoms with E-state index >= 15 is 0 Å². The molecular weight excluding hydrogens is 1430 g/mol. The predicted molar refractivity (Wildman–Crippen MR) is 288 cm³/mol. The van der Waals surface area contributed by atoms with E-state index in [1.807, 2.05) is 24.3 Å². The van der Waals surface area contributed by atoms with Crippen molar-refractivity contribution >= 4 is 142 Å². The molecule has 0 aliphatic rings. The molecule has 0 fully saturated rings. The van der Waals surface area contributed by atoms with E-state index < -0.39 is 12.2 Å². The van der Waals surface area contributed by atoms with Crippen LogP contribution >= 0.6 is 136 Å². The van der Waals surface area contributed by atoms with Crippen LogP contribution < -0.4 is 14.2 Å². The summed E-state index contributed by atoms with van der Waals surface area (Å²) in [5.41, 5.74) is 0.984. The SMILES string of the molecule is COc1ccc(COC[C@H](OC(=O)CCCCCCCCCCOc2cc(I)c(I)cc2I)[C@H](CO)OCCCCCCCCCCOc2c(I)cc(I)cc2I)cc1. The number of halogens is 6. The summed E-state index contributed by atoms with van der Waals surface area (Å²) >= 11 is 14.1. The zero-order chi connectivity index (χ0) is 42.7. The van der Waals surface area contributed by atoms with Gasteiger partial charge in [0.2, 0.25) is 0 Å². The highest BCUT2D eigenvalue weighted by atomic mass is 127. The molecule has 0 spiro atoms. The molecule has 3 aromatic rings. The molecule has 3 aromatic carbocycles. The van der Waals surface area contributed by atoms with Gasteiger partial charge >= 0.3 is 5.97 Å². The highest BCUT2D eigenvalue weighted by molar-refractivity contribution is 14.1. The van der Waals surface area contributed by atoms with Crippen LogP contribution in [-0.2, 0) is 25.6 Å². The number of hydrogen-bond donors (Lipinski definition) is 1. The van der Waals surface area contributed by atoms with Crippen LogP contribution in [0.4, 0.5) is 0 Å². The first kappa shape index (κ1) is 54.1. The van der Waals surface area contributed by atoms with E-state index in [4.69, 9.17) is 28.4 Å². The molecule has 0 bridgehead atoms. The molecule has 0 aromatic heterocycles. The molecule has 3 rings (SSSR count). The Morgan fingerprint density at radius 2 is 1.12 bits per heavy atom. The molecule has 0 aliphatic carbocycles. The van der Waals surface area contributed by atoms with Crippen molar-refractivity contribution in [3.8, 4) is 17.2 Å². The molecule has 330 valence electrons. The Hall–Kier alpha value is 0.790. The van der Waals surface area contributed by atoms with Crippen molar-refractivity contribution in [1.82, 2.24) is 0 Å². The number of unbranched alkanes of at least 4 members (excludes halogenated alkanes) is 14. The summed E-state index contributed by atoms with van der Waals surface area (Å²) in [6.45, 7) is 2.26. The fraction of sp³-hybridized carbons (Fsp3) is 0.578. The van der Waals surface area contributed by atoms with Gasteiger partial charge in [0.25, 0.3) is 0 Å². The molecule has 0 radical (unpaired) electrons. The van der Waals surface area contributed by atoms with Gasteiger partial charge in [-0.3, -0.25) is 4.79 Å². The normalized spacial score (nSPS) is 12.3. The van der Waals surface area contributed by atoms with E-state index in [9.17, 15) is 9.90 Å². The summed E-state index contributed by atoms with van der Waals surface area (Å²) in [4.78, 5) is 13.0. The zero-order valence-corrected chi connectivity index (χ0v) is 47.1. The van der Waals surface area contributed by atoms with Crippen molar-refractivity contribution in [3.05, 3.63) is 75.5 Å². The third-order valence-corrected chi connectivity index (χ3v) is 15.6. The van der Waals surface area contributed by atoms with Crippen LogP contribution in [0.3, 0.4) is 0 Å². The predicted octanol–water partition coefficient (Wildman–Crippen LogP) is 13.9. The number of aliphatic hydroxyl groups is 1. The van der Waals surface area contributed by atoms with Crippen LogP contribution in [0.25, 0.3) is 0 Å². The van der Waals surface area contributed by atoms with Crippen molar-refractivity contribution in [2.75, 3.05) is 40.1 Å². The zero-order valence-electron chi connectivity index (χ0n) is 34.1. The Bertz CT molecular complexity index is 1590. The maximum atomic E-state index is 13.0. The maximum Gasteiger partial charge on any atom is 0.306 e. The molecule has 8 nitrogen and oxygen atoms in total. The Balaban J connectivity index is 1.28. The highest BCUT2D eigenvalue weighted by Crippen LogP contribution is 2.30. The number of hydrogen-bond acceptors (Lipinski definition) is 8. The Kier molecular flexibility index (Phi) is 30.5. The van der Waals surface area contributed by atoms with Crippen molar-refractivity contribution in [2.45, 2.75) is 128 Å². The standard InChI is InChI=1S/C45H60I6O8/c1-54-35-21-19-33(20-22-35)31-55-32-43(59-44(53)18-14-10-6-2-3-7-11-15-23-56-41-29-37(48)36(47)28-38(41)49)42(30-52)57-24-16-12-8-4-5-9-13-17-25-58-45-39(50)26-34(46)27-40(45)51/h19-22,26-29,42-43,52H,2-18,23-25,30-32H2,1H3/t42-,43-/m0/s1. The van der Waals surface area contributed by atoms with E-state index in [1.165, 1.54) is 56.4 Å². The summed E-state index contributed by atoms with van der Waals surface area (Å²) in [7, 11) is 1.64. The molecule has 1 N–H and O–H groups in total. The topological polar surface area (TPSA) is 92.7 Å². The van der Waals surface area contributed by atoms with Crippen LogP contribution in [0.5, 0.6) is 17.2 Å². The molecule has 0 saturated carbocycles. The minimum atomic E-state index is -0.686. The lowest BCUT2D eigenvalue weighted by Gasteiger charge is -2.26. The van der Waals surface area contributed by atoms with Crippen LogP contribution in [0.15, 0.2) is 48.5 Å². The Morgan fingerprint density at radius 3 is 1.69 bits per heavy atom. The van der Waals surface area contributed by atoms with Crippen molar-refractivity contribution in [3.63, 3.8) is 0 Å². The van der Waals surface area contributed by atoms with Crippen LogP contribution in [0, 0.1) is 21.4 Å². The summed E-state index contributed by atoms with van der Waals surface area (Å²) in [5, 5.41) is 10.3. The lowest BCUT2D eigenvalue weighted by molar-refractivity contribution is -0.167. The molecule has 2 atom stereocenters. The number of methoxy groups -OCH3 is 1. The largest absolute Gasteiger partial charge is 0.497 e. The molecule has 0 unspecified atom stereocenters. The number of ether oxygens (including phenoxy) is 6. The van der Waals surface area contributed by atoms with Gasteiger partial charge in [-0.25, -0.2) is 0 Å². The van der Waals surface area contributed by atoms with Gasteiger partial charge < -0.3 is 33.5 Å². The van der Waals surface area contributed by atoms with Gasteiger partial charge in [0.1, 0.15) is 23.4 Å². The lowest BCUT2D eigenvalue weighted by Crippen LogP contribution is -2.40. The smallest absolute Gasteiger partial charge is 0.306 e. The molecular formula is C45H60I6O8. The van der Waals surface area contributed by atoms with E-state index in [-0.39, 0.29) is 19.2 Å². The van der Waals surface area contributed by atoms with E-state index in [2.05, 4.69) is 160 Å². The molecule has 0 heterocycles. The quantitative estimate of drug-likeness (QED) is 0.0279. The van der Waals surface area contributed by atoms with Crippen LogP contribution in [0.1, 0.15) is 115 Å². The first-order valence-electron chi connectivity index (χ1n) is 20.8. The fourth-order valence-electron chi connectivity index (χ4n) is 6.31. The summed E-state index contributed by atoms with van der Waals surface area (Å²) < 4.78 is 42.6. The second kappa shape index (κ2) is 33.3. The second-order valence-corrected chi connectivity index (χ2v) is 21.5. The van der Waals surface area contributed by atoms with Crippen molar-refractivity contribution < 1.29 is 38.3 Å². The van der Waals surface area contributed by atoms with Gasteiger partial charge in [-0.2, -0.15) is 0 Å². The minimum Gasteiger partial charge on any atom is -0.497 e. The monoisotopic (exact) mass is 1490 g/mol. The fourth-order valence-corrected chi connectivity index (χ4v) is 12.3. The van der Waals surface area contributed by atoms with Gasteiger partial charge in [0, 0.05) is 23.7 Å². The number of carbonyl (C=O) groups excluding carboxylic acids is 1. The van der Waals surface area contributed by atoms with Gasteiger partial charge in [0.05, 0.1) is 50.9 Å². The molecule has 59 heavy (non-hydrogen) atoms. The maximum absolute atomic E-state index is 13.0. The number of benzene rings is 3. The lowest BCUT2D eigenvalue weighted by atomic mass is 10.1. The molecule has 0 aliphatic heterocycles. The number of carbonyl (C=O) groups is 1. The highest BCUT2D eigenvalue weighted by Gasteiger charge is 2.26. The Morgan fingerprint density at radius 1 is 0.593 bits per heavy atom. The van der Waals surface area contributed by atoms with Gasteiger partial charge in [-0.15, -0.1) is 0 Å². The summed E-state index contributed by atoms with van der Waals surface area (Å²) in [6, 6.07) is 16.3. The van der Waals surface area contributed by atoms with Crippen LogP contribution in [-0.4, -0.2) is 63.4 Å². The average molecular weight is 1490 g/mol. The number of rotatable bonds is 33. The minimum absolute atomic E-state index is 0.144. The third-order valence-electron chi connectivity index (χ3n) is 9.68.